The molecule has 0 saturated heterocycles. The first-order valence-corrected chi connectivity index (χ1v) is 9.28. The van der Waals surface area contributed by atoms with Gasteiger partial charge in [0.25, 0.3) is 5.56 Å². The fourth-order valence-electron chi connectivity index (χ4n) is 2.09. The predicted octanol–water partition coefficient (Wildman–Crippen LogP) is 0.605. The van der Waals surface area contributed by atoms with Crippen molar-refractivity contribution in [2.75, 3.05) is 11.5 Å². The van der Waals surface area contributed by atoms with E-state index in [2.05, 4.69) is 9.36 Å². The van der Waals surface area contributed by atoms with Crippen molar-refractivity contribution >= 4 is 44.0 Å². The van der Waals surface area contributed by atoms with E-state index in [1.165, 1.54) is 41.7 Å². The fraction of sp³-hybridized carbons (Fsp3) is 0.143. The highest BCUT2D eigenvalue weighted by Crippen LogP contribution is 2.22. The molecule has 0 unspecified atom stereocenters. The van der Waals surface area contributed by atoms with Crippen molar-refractivity contribution < 1.29 is 13.2 Å². The van der Waals surface area contributed by atoms with E-state index >= 15 is 0 Å². The second-order valence-electron chi connectivity index (χ2n) is 4.92. The molecule has 0 fully saturated rings. The van der Waals surface area contributed by atoms with Gasteiger partial charge in [0, 0.05) is 11.5 Å². The number of carbonyl (C=O) groups excluding carboxylic acids is 1. The van der Waals surface area contributed by atoms with Crippen LogP contribution in [-0.4, -0.2) is 33.7 Å². The maximum Gasteiger partial charge on any atom is 0.283 e. The quantitative estimate of drug-likeness (QED) is 0.845. The second kappa shape index (κ2) is 5.80. The number of carbonyl (C=O) groups is 1. The summed E-state index contributed by atoms with van der Waals surface area (Å²) < 4.78 is 29.3. The first-order chi connectivity index (χ1) is 11.3. The molecular weight excluding hydrogens is 352 g/mol. The van der Waals surface area contributed by atoms with Gasteiger partial charge in [0.1, 0.15) is 5.82 Å². The number of hydrogen-bond acceptors (Lipinski definition) is 8. The van der Waals surface area contributed by atoms with Gasteiger partial charge in [0.05, 0.1) is 11.3 Å². The molecule has 2 N–H and O–H groups in total. The van der Waals surface area contributed by atoms with Crippen LogP contribution in [0.4, 0.5) is 5.82 Å². The van der Waals surface area contributed by atoms with Crippen LogP contribution < -0.4 is 11.3 Å². The fourth-order valence-corrected chi connectivity index (χ4v) is 4.06. The van der Waals surface area contributed by atoms with E-state index in [-0.39, 0.29) is 33.0 Å². The lowest BCUT2D eigenvalue weighted by molar-refractivity contribution is -0.110. The average molecular weight is 364 g/mol. The molecule has 10 heteroatoms. The first-order valence-electron chi connectivity index (χ1n) is 6.86. The number of allylic oxidation sites excluding steroid dienone is 5. The predicted molar refractivity (Wildman–Crippen MR) is 90.5 cm³/mol. The van der Waals surface area contributed by atoms with Crippen molar-refractivity contribution in [3.05, 3.63) is 45.8 Å². The smallest absolute Gasteiger partial charge is 0.283 e. The molecule has 124 valence electrons. The third-order valence-corrected chi connectivity index (χ3v) is 5.79. The van der Waals surface area contributed by atoms with Crippen LogP contribution in [0.25, 0.3) is 11.0 Å². The van der Waals surface area contributed by atoms with E-state index in [9.17, 15) is 18.0 Å². The zero-order valence-electron chi connectivity index (χ0n) is 12.5. The molecule has 2 aromatic rings. The standard InChI is InChI=1S/C14H12N4O4S2/c1-2-24(21,22)14-17-23-13-16-12(20)10(11(15)18(13)14)7-8-3-5-9(19)6-4-8/h3-7H,2,15H2,1H3. The molecule has 0 aliphatic heterocycles. The molecule has 0 spiro atoms. The minimum absolute atomic E-state index is 0.0407. The summed E-state index contributed by atoms with van der Waals surface area (Å²) in [6.45, 7) is 1.49. The molecule has 0 bridgehead atoms. The number of aromatic nitrogens is 3. The molecular formula is C14H12N4O4S2. The number of nitrogens with two attached hydrogens (primary N) is 1. The molecule has 2 aromatic heterocycles. The normalized spacial score (nSPS) is 14.5. The number of anilines is 1. The number of nitrogen functional groups attached to an aromatic ring is 1. The Morgan fingerprint density at radius 1 is 1.25 bits per heavy atom. The van der Waals surface area contributed by atoms with Crippen molar-refractivity contribution in [2.45, 2.75) is 12.1 Å². The summed E-state index contributed by atoms with van der Waals surface area (Å²) in [7, 11) is -3.63. The summed E-state index contributed by atoms with van der Waals surface area (Å²) in [6, 6.07) is 0. The van der Waals surface area contributed by atoms with Crippen molar-refractivity contribution in [2.24, 2.45) is 0 Å². The van der Waals surface area contributed by atoms with Crippen molar-refractivity contribution in [3.8, 4) is 0 Å². The molecule has 2 heterocycles. The monoisotopic (exact) mass is 364 g/mol. The Morgan fingerprint density at radius 2 is 1.92 bits per heavy atom. The van der Waals surface area contributed by atoms with Gasteiger partial charge in [-0.2, -0.15) is 9.36 Å². The summed E-state index contributed by atoms with van der Waals surface area (Å²) in [6.07, 6.45) is 7.23. The lowest BCUT2D eigenvalue weighted by atomic mass is 10.1. The van der Waals surface area contributed by atoms with Crippen LogP contribution in [0, 0.1) is 0 Å². The molecule has 0 aromatic carbocycles. The second-order valence-corrected chi connectivity index (χ2v) is 7.82. The third kappa shape index (κ3) is 2.69. The number of sulfone groups is 1. The van der Waals surface area contributed by atoms with Gasteiger partial charge in [-0.25, -0.2) is 12.8 Å². The van der Waals surface area contributed by atoms with Crippen LogP contribution >= 0.6 is 11.5 Å². The zero-order chi connectivity index (χ0) is 17.5. The molecule has 8 nitrogen and oxygen atoms in total. The number of ketones is 1. The van der Waals surface area contributed by atoms with Gasteiger partial charge in [-0.15, -0.1) is 0 Å². The summed E-state index contributed by atoms with van der Waals surface area (Å²) in [5, 5.41) is -0.237. The Kier molecular flexibility index (Phi) is 3.93. The minimum atomic E-state index is -3.63. The van der Waals surface area contributed by atoms with Crippen molar-refractivity contribution in [3.63, 3.8) is 0 Å². The average Bonchev–Trinajstić information content (AvgIpc) is 2.98. The molecule has 0 radical (unpaired) electrons. The highest BCUT2D eigenvalue weighted by atomic mass is 32.2. The van der Waals surface area contributed by atoms with E-state index in [0.717, 1.165) is 11.5 Å². The van der Waals surface area contributed by atoms with E-state index in [1.54, 1.807) is 0 Å². The van der Waals surface area contributed by atoms with Gasteiger partial charge in [-0.3, -0.25) is 9.59 Å². The number of rotatable bonds is 3. The molecule has 0 amide bonds. The summed E-state index contributed by atoms with van der Waals surface area (Å²) in [5.74, 6) is -0.373. The van der Waals surface area contributed by atoms with Gasteiger partial charge < -0.3 is 5.73 Å². The van der Waals surface area contributed by atoms with E-state index < -0.39 is 15.4 Å². The molecule has 0 atom stereocenters. The van der Waals surface area contributed by atoms with Gasteiger partial charge in [-0.1, -0.05) is 19.1 Å². The molecule has 3 rings (SSSR count). The third-order valence-electron chi connectivity index (χ3n) is 3.38. The topological polar surface area (TPSA) is 124 Å². The Hall–Kier alpha value is -2.59. The number of hydrogen-bond donors (Lipinski definition) is 1. The summed E-state index contributed by atoms with van der Waals surface area (Å²) in [4.78, 5) is 27.3. The largest absolute Gasteiger partial charge is 0.384 e. The summed E-state index contributed by atoms with van der Waals surface area (Å²) >= 11 is 0.789. The molecule has 0 saturated carbocycles. The van der Waals surface area contributed by atoms with Gasteiger partial charge in [0.2, 0.25) is 20.0 Å². The maximum absolute atomic E-state index is 12.2. The first kappa shape index (κ1) is 16.3. The molecule has 1 aliphatic carbocycles. The highest BCUT2D eigenvalue weighted by Gasteiger charge is 2.23. The van der Waals surface area contributed by atoms with Gasteiger partial charge >= 0.3 is 0 Å². The van der Waals surface area contributed by atoms with Crippen LogP contribution in [0.5, 0.6) is 0 Å². The Morgan fingerprint density at radius 3 is 2.54 bits per heavy atom. The van der Waals surface area contributed by atoms with Crippen LogP contribution in [-0.2, 0) is 14.6 Å². The number of nitrogens with zero attached hydrogens (tertiary/aromatic N) is 3. The Balaban J connectivity index is 2.27. The number of fused-ring (bicyclic) bond motifs is 1. The van der Waals surface area contributed by atoms with E-state index in [4.69, 9.17) is 5.73 Å². The van der Waals surface area contributed by atoms with Crippen LogP contribution in [0.15, 0.2) is 39.8 Å². The SMILES string of the molecule is CCS(=O)(=O)c1nsc2nc(=O)c(C=C3C=CC(=O)C=C3)c(N)n12. The van der Waals surface area contributed by atoms with Gasteiger partial charge in [-0.05, 0) is 23.8 Å². The highest BCUT2D eigenvalue weighted by molar-refractivity contribution is 7.91. The molecule has 1 aliphatic rings. The maximum atomic E-state index is 12.2. The van der Waals surface area contributed by atoms with Crippen molar-refractivity contribution in [1.82, 2.24) is 13.8 Å². The minimum Gasteiger partial charge on any atom is -0.384 e. The van der Waals surface area contributed by atoms with E-state index in [1.807, 2.05) is 0 Å². The summed E-state index contributed by atoms with van der Waals surface area (Å²) in [5.41, 5.74) is 6.04. The van der Waals surface area contributed by atoms with Gasteiger partial charge in [0.15, 0.2) is 5.78 Å². The lowest BCUT2D eigenvalue weighted by Gasteiger charge is -2.07. The van der Waals surface area contributed by atoms with E-state index in [0.29, 0.717) is 5.57 Å². The molecule has 24 heavy (non-hydrogen) atoms. The van der Waals surface area contributed by atoms with Crippen LogP contribution in [0.2, 0.25) is 0 Å². The van der Waals surface area contributed by atoms with Crippen LogP contribution in [0.1, 0.15) is 12.5 Å². The lowest BCUT2D eigenvalue weighted by Crippen LogP contribution is -2.19. The van der Waals surface area contributed by atoms with Crippen LogP contribution in [0.3, 0.4) is 0 Å². The zero-order valence-corrected chi connectivity index (χ0v) is 14.1. The Labute approximate surface area is 140 Å². The Bertz CT molecular complexity index is 1090. The van der Waals surface area contributed by atoms with Crippen molar-refractivity contribution in [1.29, 1.82) is 0 Å².